The molecule has 1 fully saturated rings. The topological polar surface area (TPSA) is 140 Å². The van der Waals surface area contributed by atoms with Crippen LogP contribution in [0.15, 0.2) is 36.7 Å². The minimum atomic E-state index is -1.27. The van der Waals surface area contributed by atoms with Gasteiger partial charge in [-0.3, -0.25) is 0 Å². The summed E-state index contributed by atoms with van der Waals surface area (Å²) in [6.45, 7) is -0.425. The van der Waals surface area contributed by atoms with Crippen LogP contribution in [0.4, 0.5) is 5.82 Å². The molecule has 5 N–H and O–H groups in total. The molecule has 0 amide bonds. The Bertz CT molecular complexity index is 975. The molecule has 27 heavy (non-hydrogen) atoms. The van der Waals surface area contributed by atoms with E-state index in [1.54, 1.807) is 6.08 Å². The number of nitrogens with two attached hydrogens (primary N) is 1. The molecule has 140 valence electrons. The van der Waals surface area contributed by atoms with Crippen molar-refractivity contribution in [2.75, 3.05) is 12.3 Å². The summed E-state index contributed by atoms with van der Waals surface area (Å²) in [7, 11) is 0. The van der Waals surface area contributed by atoms with E-state index >= 15 is 0 Å². The van der Waals surface area contributed by atoms with Gasteiger partial charge in [-0.15, -0.1) is 0 Å². The first kappa shape index (κ1) is 17.6. The third-order valence-corrected chi connectivity index (χ3v) is 4.54. The molecule has 1 saturated heterocycles. The summed E-state index contributed by atoms with van der Waals surface area (Å²) in [6, 6.07) is 9.66. The number of anilines is 1. The summed E-state index contributed by atoms with van der Waals surface area (Å²) in [5, 5.41) is 34.6. The highest BCUT2D eigenvalue weighted by atomic mass is 16.6. The Kier molecular flexibility index (Phi) is 4.58. The lowest BCUT2D eigenvalue weighted by atomic mass is 10.1. The van der Waals surface area contributed by atoms with Crippen molar-refractivity contribution in [3.8, 4) is 0 Å². The minimum Gasteiger partial charge on any atom is -0.394 e. The zero-order valence-corrected chi connectivity index (χ0v) is 14.3. The van der Waals surface area contributed by atoms with E-state index in [4.69, 9.17) is 10.5 Å². The fraction of sp³-hybridized carbons (Fsp3) is 0.278. The molecule has 2 aromatic heterocycles. The molecule has 4 rings (SSSR count). The third kappa shape index (κ3) is 3.06. The van der Waals surface area contributed by atoms with Crippen LogP contribution in [0.1, 0.15) is 17.5 Å². The predicted octanol–water partition coefficient (Wildman–Crippen LogP) is 0.190. The lowest BCUT2D eigenvalue weighted by molar-refractivity contribution is -0.0566. The highest BCUT2D eigenvalue weighted by Gasteiger charge is 2.44. The van der Waals surface area contributed by atoms with Crippen LogP contribution in [0.5, 0.6) is 0 Å². The highest BCUT2D eigenvalue weighted by Crippen LogP contribution is 2.33. The highest BCUT2D eigenvalue weighted by molar-refractivity contribution is 5.94. The number of ether oxygens (including phenoxy) is 1. The Morgan fingerprint density at radius 1 is 1.11 bits per heavy atom. The molecule has 0 aliphatic carbocycles. The number of hydrogen-bond acceptors (Lipinski definition) is 8. The van der Waals surface area contributed by atoms with Gasteiger partial charge in [-0.25, -0.2) is 14.6 Å². The van der Waals surface area contributed by atoms with Gasteiger partial charge in [0.05, 0.1) is 17.7 Å². The molecule has 1 aliphatic rings. The maximum atomic E-state index is 10.3. The van der Waals surface area contributed by atoms with Crippen molar-refractivity contribution in [1.29, 1.82) is 0 Å². The maximum absolute atomic E-state index is 10.3. The van der Waals surface area contributed by atoms with Crippen molar-refractivity contribution >= 4 is 29.0 Å². The number of rotatable bonds is 4. The van der Waals surface area contributed by atoms with Crippen molar-refractivity contribution < 1.29 is 20.1 Å². The number of fused-ring (bicyclic) bond motifs is 1. The van der Waals surface area contributed by atoms with Crippen LogP contribution in [0.25, 0.3) is 23.2 Å². The van der Waals surface area contributed by atoms with Gasteiger partial charge in [0.15, 0.2) is 11.9 Å². The van der Waals surface area contributed by atoms with Crippen LogP contribution in [0, 0.1) is 0 Å². The molecule has 1 aliphatic heterocycles. The maximum Gasteiger partial charge on any atom is 0.181 e. The van der Waals surface area contributed by atoms with Gasteiger partial charge in [-0.1, -0.05) is 36.4 Å². The smallest absolute Gasteiger partial charge is 0.181 e. The monoisotopic (exact) mass is 369 g/mol. The first-order valence-electron chi connectivity index (χ1n) is 8.44. The number of nitrogen functional groups attached to an aromatic ring is 1. The van der Waals surface area contributed by atoms with E-state index < -0.39 is 31.1 Å². The second kappa shape index (κ2) is 7.05. The van der Waals surface area contributed by atoms with Crippen LogP contribution in [-0.2, 0) is 4.74 Å². The largest absolute Gasteiger partial charge is 0.394 e. The van der Waals surface area contributed by atoms with Gasteiger partial charge in [0.2, 0.25) is 0 Å². The number of hydrogen-bond donors (Lipinski definition) is 4. The fourth-order valence-corrected chi connectivity index (χ4v) is 3.14. The fourth-order valence-electron chi connectivity index (χ4n) is 3.14. The lowest BCUT2D eigenvalue weighted by Crippen LogP contribution is -2.33. The number of benzene rings is 1. The van der Waals surface area contributed by atoms with E-state index in [1.165, 1.54) is 11.0 Å². The van der Waals surface area contributed by atoms with Crippen LogP contribution in [0.2, 0.25) is 0 Å². The van der Waals surface area contributed by atoms with Crippen molar-refractivity contribution in [3.63, 3.8) is 0 Å². The second-order valence-electron chi connectivity index (χ2n) is 6.26. The molecular formula is C18H19N5O4. The van der Waals surface area contributed by atoms with Gasteiger partial charge in [0.25, 0.3) is 0 Å². The lowest BCUT2D eigenvalue weighted by Gasteiger charge is -2.15. The van der Waals surface area contributed by atoms with E-state index in [-0.39, 0.29) is 5.82 Å². The van der Waals surface area contributed by atoms with E-state index in [1.807, 2.05) is 36.4 Å². The zero-order valence-electron chi connectivity index (χ0n) is 14.3. The summed E-state index contributed by atoms with van der Waals surface area (Å²) in [6.07, 6.45) is 0.515. The quantitative estimate of drug-likeness (QED) is 0.511. The van der Waals surface area contributed by atoms with E-state index in [0.717, 1.165) is 5.56 Å². The normalized spacial score (nSPS) is 25.6. The van der Waals surface area contributed by atoms with Gasteiger partial charge < -0.3 is 25.8 Å². The van der Waals surface area contributed by atoms with E-state index in [2.05, 4.69) is 15.1 Å². The molecule has 9 nitrogen and oxygen atoms in total. The van der Waals surface area contributed by atoms with E-state index in [0.29, 0.717) is 16.7 Å². The molecule has 0 radical (unpaired) electrons. The van der Waals surface area contributed by atoms with Gasteiger partial charge in [-0.05, 0) is 11.6 Å². The average Bonchev–Trinajstić information content (AvgIpc) is 3.20. The molecule has 4 atom stereocenters. The molecule has 3 aromatic rings. The summed E-state index contributed by atoms with van der Waals surface area (Å²) in [4.78, 5) is 8.23. The number of aliphatic hydroxyl groups excluding tert-OH is 3. The molecule has 0 saturated carbocycles. The van der Waals surface area contributed by atoms with E-state index in [9.17, 15) is 15.3 Å². The Labute approximate surface area is 154 Å². The van der Waals surface area contributed by atoms with Crippen LogP contribution < -0.4 is 5.73 Å². The molecule has 9 heteroatoms. The minimum absolute atomic E-state index is 0.241. The SMILES string of the molecule is Nc1ncnc2c1c(/C=C/c1ccccc1)nn2[C@@H]1O[C@H](CO)[C@@H](O)[C@H]1O. The van der Waals surface area contributed by atoms with Gasteiger partial charge in [0, 0.05) is 0 Å². The number of aliphatic hydroxyl groups is 3. The first-order chi connectivity index (χ1) is 13.1. The van der Waals surface area contributed by atoms with Crippen molar-refractivity contribution in [2.24, 2.45) is 0 Å². The molecule has 3 heterocycles. The van der Waals surface area contributed by atoms with Crippen LogP contribution >= 0.6 is 0 Å². The Morgan fingerprint density at radius 3 is 2.59 bits per heavy atom. The van der Waals surface area contributed by atoms with Crippen molar-refractivity contribution in [3.05, 3.63) is 47.9 Å². The van der Waals surface area contributed by atoms with Crippen molar-refractivity contribution in [2.45, 2.75) is 24.5 Å². The first-order valence-corrected chi connectivity index (χ1v) is 8.44. The number of nitrogens with zero attached hydrogens (tertiary/aromatic N) is 4. The van der Waals surface area contributed by atoms with Crippen LogP contribution in [0.3, 0.4) is 0 Å². The summed E-state index contributed by atoms with van der Waals surface area (Å²) < 4.78 is 6.93. The van der Waals surface area contributed by atoms with Crippen molar-refractivity contribution in [1.82, 2.24) is 19.7 Å². The third-order valence-electron chi connectivity index (χ3n) is 4.54. The molecule has 0 spiro atoms. The molecular weight excluding hydrogens is 350 g/mol. The summed E-state index contributed by atoms with van der Waals surface area (Å²) >= 11 is 0. The molecule has 0 unspecified atom stereocenters. The van der Waals surface area contributed by atoms with Gasteiger partial charge in [0.1, 0.15) is 30.5 Å². The van der Waals surface area contributed by atoms with Crippen LogP contribution in [-0.4, -0.2) is 60.0 Å². The predicted molar refractivity (Wildman–Crippen MR) is 98.1 cm³/mol. The summed E-state index contributed by atoms with van der Waals surface area (Å²) in [5.41, 5.74) is 7.87. The zero-order chi connectivity index (χ0) is 19.0. The van der Waals surface area contributed by atoms with Gasteiger partial charge >= 0.3 is 0 Å². The summed E-state index contributed by atoms with van der Waals surface area (Å²) in [5.74, 6) is 0.241. The Balaban J connectivity index is 1.79. The number of aromatic nitrogens is 4. The standard InChI is InChI=1S/C18H19N5O4/c19-16-13-11(7-6-10-4-2-1-3-5-10)22-23(17(13)21-9-20-16)18-15(26)14(25)12(8-24)27-18/h1-7,9,12,14-15,18,24-26H,8H2,(H2,19,20,21)/b7-6+/t12-,14-,15-,18-/m1/s1. The Morgan fingerprint density at radius 2 is 1.89 bits per heavy atom. The average molecular weight is 369 g/mol. The molecule has 1 aromatic carbocycles. The Hall–Kier alpha value is -2.85. The van der Waals surface area contributed by atoms with Gasteiger partial charge in [-0.2, -0.15) is 5.10 Å². The molecule has 0 bridgehead atoms. The second-order valence-corrected chi connectivity index (χ2v) is 6.26.